The van der Waals surface area contributed by atoms with Gasteiger partial charge in [-0.15, -0.1) is 0 Å². The van der Waals surface area contributed by atoms with Gasteiger partial charge in [-0.2, -0.15) is 0 Å². The summed E-state index contributed by atoms with van der Waals surface area (Å²) in [6.07, 6.45) is 9.07. The molecule has 4 atom stereocenters. The Hall–Kier alpha value is -0.760. The third kappa shape index (κ3) is 1.50. The van der Waals surface area contributed by atoms with Crippen molar-refractivity contribution in [2.45, 2.75) is 45.3 Å². The molecule has 2 heteroatoms. The molecule has 3 aliphatic rings. The van der Waals surface area contributed by atoms with Crippen molar-refractivity contribution in [3.8, 4) is 0 Å². The van der Waals surface area contributed by atoms with E-state index in [1.807, 2.05) is 0 Å². The lowest BCUT2D eigenvalue weighted by atomic mass is 10.0. The molecule has 0 saturated heterocycles. The minimum absolute atomic E-state index is 0.867. The van der Waals surface area contributed by atoms with E-state index in [2.05, 4.69) is 35.3 Å². The van der Waals surface area contributed by atoms with Crippen LogP contribution in [0.2, 0.25) is 0 Å². The summed E-state index contributed by atoms with van der Waals surface area (Å²) in [6, 6.07) is 3.12. The van der Waals surface area contributed by atoms with Crippen molar-refractivity contribution in [1.29, 1.82) is 0 Å². The van der Waals surface area contributed by atoms with Crippen LogP contribution in [0.1, 0.15) is 31.7 Å². The molecule has 17 heavy (non-hydrogen) atoms. The molecule has 1 aromatic rings. The van der Waals surface area contributed by atoms with Crippen LogP contribution >= 0.6 is 0 Å². The molecule has 1 N–H and O–H groups in total. The van der Waals surface area contributed by atoms with Crippen LogP contribution in [0.15, 0.2) is 18.5 Å². The monoisotopic (exact) mass is 230 g/mol. The van der Waals surface area contributed by atoms with Crippen LogP contribution in [-0.2, 0) is 13.1 Å². The third-order valence-electron chi connectivity index (χ3n) is 5.45. The highest BCUT2D eigenvalue weighted by atomic mass is 15.0. The van der Waals surface area contributed by atoms with Gasteiger partial charge in [0.05, 0.1) is 0 Å². The second kappa shape index (κ2) is 3.61. The van der Waals surface area contributed by atoms with Gasteiger partial charge in [0, 0.05) is 31.5 Å². The summed E-state index contributed by atoms with van der Waals surface area (Å²) >= 11 is 0. The average Bonchev–Trinajstić information content (AvgIpc) is 2.81. The SMILES string of the molecule is CCn1ccc(CNC2C3C4CCC(C4)C23)c1. The van der Waals surface area contributed by atoms with Crippen molar-refractivity contribution in [3.63, 3.8) is 0 Å². The molecule has 3 fully saturated rings. The van der Waals surface area contributed by atoms with E-state index in [1.165, 1.54) is 18.4 Å². The number of hydrogen-bond acceptors (Lipinski definition) is 1. The maximum absolute atomic E-state index is 3.80. The molecular weight excluding hydrogens is 208 g/mol. The molecule has 3 saturated carbocycles. The quantitative estimate of drug-likeness (QED) is 0.841. The standard InChI is InChI=1S/C15H22N2/c1-2-17-6-5-10(9-17)8-16-15-13-11-3-4-12(7-11)14(13)15/h5-6,9,11-16H,2-4,7-8H2,1H3. The Kier molecular flexibility index (Phi) is 2.17. The van der Waals surface area contributed by atoms with Crippen LogP contribution in [0.3, 0.4) is 0 Å². The lowest BCUT2D eigenvalue weighted by Gasteiger charge is -2.09. The smallest absolute Gasteiger partial charge is 0.0223 e. The largest absolute Gasteiger partial charge is 0.354 e. The van der Waals surface area contributed by atoms with E-state index in [0.29, 0.717) is 0 Å². The normalized spacial score (nSPS) is 41.8. The lowest BCUT2D eigenvalue weighted by Crippen LogP contribution is -2.22. The zero-order valence-electron chi connectivity index (χ0n) is 10.6. The summed E-state index contributed by atoms with van der Waals surface area (Å²) in [4.78, 5) is 0. The molecule has 0 radical (unpaired) electrons. The first-order chi connectivity index (χ1) is 8.36. The van der Waals surface area contributed by atoms with Crippen molar-refractivity contribution >= 4 is 0 Å². The van der Waals surface area contributed by atoms with Crippen LogP contribution in [-0.4, -0.2) is 10.6 Å². The lowest BCUT2D eigenvalue weighted by molar-refractivity contribution is 0.456. The number of rotatable bonds is 4. The highest BCUT2D eigenvalue weighted by molar-refractivity contribution is 5.18. The van der Waals surface area contributed by atoms with Crippen molar-refractivity contribution in [2.24, 2.45) is 23.7 Å². The van der Waals surface area contributed by atoms with E-state index in [-0.39, 0.29) is 0 Å². The molecule has 0 aromatic carbocycles. The number of nitrogens with one attached hydrogen (secondary N) is 1. The van der Waals surface area contributed by atoms with E-state index >= 15 is 0 Å². The molecule has 0 spiro atoms. The maximum Gasteiger partial charge on any atom is 0.0223 e. The Bertz CT molecular complexity index is 406. The average molecular weight is 230 g/mol. The Morgan fingerprint density at radius 1 is 1.29 bits per heavy atom. The first-order valence-electron chi connectivity index (χ1n) is 7.25. The van der Waals surface area contributed by atoms with Crippen LogP contribution < -0.4 is 5.32 Å². The van der Waals surface area contributed by atoms with Crippen LogP contribution in [0.4, 0.5) is 0 Å². The fourth-order valence-corrected chi connectivity index (χ4v) is 4.63. The Labute approximate surface area is 103 Å². The van der Waals surface area contributed by atoms with Gasteiger partial charge in [-0.25, -0.2) is 0 Å². The predicted octanol–water partition coefficient (Wildman–Crippen LogP) is 2.64. The summed E-state index contributed by atoms with van der Waals surface area (Å²) in [5, 5.41) is 3.80. The minimum Gasteiger partial charge on any atom is -0.354 e. The van der Waals surface area contributed by atoms with Gasteiger partial charge in [0.1, 0.15) is 0 Å². The maximum atomic E-state index is 3.80. The fraction of sp³-hybridized carbons (Fsp3) is 0.733. The summed E-state index contributed by atoms with van der Waals surface area (Å²) in [6.45, 7) is 4.35. The molecule has 3 aliphatic carbocycles. The molecule has 4 rings (SSSR count). The molecule has 0 amide bonds. The minimum atomic E-state index is 0.867. The number of hydrogen-bond donors (Lipinski definition) is 1. The topological polar surface area (TPSA) is 17.0 Å². The molecule has 0 aliphatic heterocycles. The predicted molar refractivity (Wildman–Crippen MR) is 68.5 cm³/mol. The van der Waals surface area contributed by atoms with Crippen molar-refractivity contribution < 1.29 is 0 Å². The Balaban J connectivity index is 1.35. The second-order valence-electron chi connectivity index (χ2n) is 6.24. The summed E-state index contributed by atoms with van der Waals surface area (Å²) in [5.74, 6) is 4.29. The number of aryl methyl sites for hydroxylation is 1. The third-order valence-corrected chi connectivity index (χ3v) is 5.45. The van der Waals surface area contributed by atoms with E-state index in [4.69, 9.17) is 0 Å². The van der Waals surface area contributed by atoms with E-state index in [1.54, 1.807) is 6.42 Å². The molecule has 1 aromatic heterocycles. The molecule has 2 bridgehead atoms. The first-order valence-corrected chi connectivity index (χ1v) is 7.25. The van der Waals surface area contributed by atoms with Crippen molar-refractivity contribution in [3.05, 3.63) is 24.0 Å². The van der Waals surface area contributed by atoms with E-state index in [0.717, 1.165) is 42.8 Å². The highest BCUT2D eigenvalue weighted by Gasteiger charge is 2.64. The fourth-order valence-electron chi connectivity index (χ4n) is 4.63. The molecule has 2 nitrogen and oxygen atoms in total. The summed E-state index contributed by atoms with van der Waals surface area (Å²) in [5.41, 5.74) is 1.45. The number of fused-ring (bicyclic) bond motifs is 5. The summed E-state index contributed by atoms with van der Waals surface area (Å²) in [7, 11) is 0. The number of aromatic nitrogens is 1. The highest BCUT2D eigenvalue weighted by Crippen LogP contribution is 2.65. The van der Waals surface area contributed by atoms with Crippen LogP contribution in [0, 0.1) is 23.7 Å². The number of nitrogens with zero attached hydrogens (tertiary/aromatic N) is 1. The Morgan fingerprint density at radius 2 is 2.06 bits per heavy atom. The molecule has 92 valence electrons. The van der Waals surface area contributed by atoms with Gasteiger partial charge in [-0.05, 0) is 61.5 Å². The van der Waals surface area contributed by atoms with Gasteiger partial charge in [0.15, 0.2) is 0 Å². The van der Waals surface area contributed by atoms with Crippen molar-refractivity contribution in [2.75, 3.05) is 0 Å². The zero-order valence-corrected chi connectivity index (χ0v) is 10.6. The van der Waals surface area contributed by atoms with Gasteiger partial charge in [0.2, 0.25) is 0 Å². The van der Waals surface area contributed by atoms with Gasteiger partial charge in [-0.1, -0.05) is 0 Å². The zero-order chi connectivity index (χ0) is 11.4. The van der Waals surface area contributed by atoms with Gasteiger partial charge in [0.25, 0.3) is 0 Å². The van der Waals surface area contributed by atoms with Crippen LogP contribution in [0.5, 0.6) is 0 Å². The molecule has 4 unspecified atom stereocenters. The first kappa shape index (κ1) is 10.2. The van der Waals surface area contributed by atoms with Crippen LogP contribution in [0.25, 0.3) is 0 Å². The van der Waals surface area contributed by atoms with E-state index < -0.39 is 0 Å². The van der Waals surface area contributed by atoms with Gasteiger partial charge >= 0.3 is 0 Å². The van der Waals surface area contributed by atoms with Gasteiger partial charge in [-0.3, -0.25) is 0 Å². The second-order valence-corrected chi connectivity index (χ2v) is 6.24. The Morgan fingerprint density at radius 3 is 2.71 bits per heavy atom. The summed E-state index contributed by atoms with van der Waals surface area (Å²) < 4.78 is 2.26. The molecule has 1 heterocycles. The van der Waals surface area contributed by atoms with E-state index in [9.17, 15) is 0 Å². The van der Waals surface area contributed by atoms with Gasteiger partial charge < -0.3 is 9.88 Å². The molecular formula is C15H22N2. The van der Waals surface area contributed by atoms with Crippen molar-refractivity contribution in [1.82, 2.24) is 9.88 Å².